The molecule has 2 unspecified atom stereocenters. The molecule has 0 bridgehead atoms. The third kappa shape index (κ3) is 4.57. The molecule has 1 fully saturated rings. The molecule has 2 nitrogen and oxygen atoms in total. The van der Waals surface area contributed by atoms with Gasteiger partial charge in [-0.25, -0.2) is 0 Å². The van der Waals surface area contributed by atoms with Crippen LogP contribution in [0.4, 0.5) is 0 Å². The Morgan fingerprint density at radius 1 is 1.30 bits per heavy atom. The van der Waals surface area contributed by atoms with Crippen molar-refractivity contribution in [1.29, 1.82) is 0 Å². The number of benzene rings is 1. The number of rotatable bonds is 6. The van der Waals surface area contributed by atoms with Crippen molar-refractivity contribution < 1.29 is 0 Å². The van der Waals surface area contributed by atoms with Gasteiger partial charge in [0.2, 0.25) is 0 Å². The van der Waals surface area contributed by atoms with E-state index in [0.717, 1.165) is 4.47 Å². The summed E-state index contributed by atoms with van der Waals surface area (Å²) in [5.74, 6) is 0. The molecule has 112 valence electrons. The Balaban J connectivity index is 2.00. The van der Waals surface area contributed by atoms with Crippen LogP contribution in [-0.2, 0) is 0 Å². The number of nitrogens with zero attached hydrogens (tertiary/aromatic N) is 1. The van der Waals surface area contributed by atoms with Crippen LogP contribution in [0.15, 0.2) is 28.7 Å². The maximum atomic E-state index is 3.67. The molecular weight excluding hydrogens is 312 g/mol. The van der Waals surface area contributed by atoms with E-state index in [4.69, 9.17) is 0 Å². The highest BCUT2D eigenvalue weighted by Gasteiger charge is 2.20. The molecule has 1 aliphatic heterocycles. The number of halogens is 1. The van der Waals surface area contributed by atoms with Gasteiger partial charge < -0.3 is 5.32 Å². The van der Waals surface area contributed by atoms with E-state index >= 15 is 0 Å². The molecule has 0 radical (unpaired) electrons. The van der Waals surface area contributed by atoms with Gasteiger partial charge in [-0.2, -0.15) is 0 Å². The first-order chi connectivity index (χ1) is 9.70. The first-order valence-corrected chi connectivity index (χ1v) is 8.73. The second-order valence-corrected chi connectivity index (χ2v) is 6.78. The molecule has 3 heteroatoms. The maximum Gasteiger partial charge on any atom is 0.0320 e. The minimum Gasteiger partial charge on any atom is -0.313 e. The normalized spacial score (nSPS) is 21.1. The van der Waals surface area contributed by atoms with Crippen molar-refractivity contribution in [3.63, 3.8) is 0 Å². The average molecular weight is 339 g/mol. The zero-order valence-electron chi connectivity index (χ0n) is 12.7. The van der Waals surface area contributed by atoms with Crippen molar-refractivity contribution in [2.45, 2.75) is 51.6 Å². The van der Waals surface area contributed by atoms with Crippen molar-refractivity contribution in [1.82, 2.24) is 10.2 Å². The summed E-state index contributed by atoms with van der Waals surface area (Å²) in [5.41, 5.74) is 1.41. The van der Waals surface area contributed by atoms with E-state index in [1.54, 1.807) is 0 Å². The topological polar surface area (TPSA) is 15.3 Å². The second-order valence-electron chi connectivity index (χ2n) is 5.87. The molecule has 1 N–H and O–H groups in total. The molecule has 1 saturated heterocycles. The van der Waals surface area contributed by atoms with Crippen LogP contribution in [0.1, 0.15) is 51.1 Å². The lowest BCUT2D eigenvalue weighted by Gasteiger charge is -2.34. The molecule has 20 heavy (non-hydrogen) atoms. The largest absolute Gasteiger partial charge is 0.313 e. The molecule has 1 aliphatic rings. The summed E-state index contributed by atoms with van der Waals surface area (Å²) < 4.78 is 1.16. The highest BCUT2D eigenvalue weighted by molar-refractivity contribution is 9.10. The summed E-state index contributed by atoms with van der Waals surface area (Å²) in [6.07, 6.45) is 5.26. The molecule has 2 rings (SSSR count). The van der Waals surface area contributed by atoms with Crippen molar-refractivity contribution in [2.75, 3.05) is 19.6 Å². The van der Waals surface area contributed by atoms with Gasteiger partial charge >= 0.3 is 0 Å². The summed E-state index contributed by atoms with van der Waals surface area (Å²) in [7, 11) is 0. The fourth-order valence-corrected chi connectivity index (χ4v) is 3.31. The Kier molecular flexibility index (Phi) is 6.53. The van der Waals surface area contributed by atoms with Crippen LogP contribution in [0, 0.1) is 0 Å². The summed E-state index contributed by atoms with van der Waals surface area (Å²) in [6, 6.07) is 9.95. The monoisotopic (exact) mass is 338 g/mol. The third-order valence-corrected chi connectivity index (χ3v) is 4.81. The Morgan fingerprint density at radius 2 is 2.05 bits per heavy atom. The van der Waals surface area contributed by atoms with Gasteiger partial charge in [-0.05, 0) is 57.0 Å². The van der Waals surface area contributed by atoms with Gasteiger partial charge in [0.25, 0.3) is 0 Å². The summed E-state index contributed by atoms with van der Waals surface area (Å²) in [4.78, 5) is 2.63. The molecule has 0 amide bonds. The molecule has 0 spiro atoms. The van der Waals surface area contributed by atoms with Crippen molar-refractivity contribution in [3.8, 4) is 0 Å². The van der Waals surface area contributed by atoms with E-state index in [9.17, 15) is 0 Å². The smallest absolute Gasteiger partial charge is 0.0320 e. The van der Waals surface area contributed by atoms with Crippen LogP contribution < -0.4 is 5.32 Å². The Morgan fingerprint density at radius 3 is 2.65 bits per heavy atom. The Labute approximate surface area is 132 Å². The van der Waals surface area contributed by atoms with E-state index in [1.807, 2.05) is 0 Å². The van der Waals surface area contributed by atoms with E-state index in [1.165, 1.54) is 50.9 Å². The van der Waals surface area contributed by atoms with Crippen LogP contribution in [0.25, 0.3) is 0 Å². The minimum absolute atomic E-state index is 0.492. The predicted molar refractivity (Wildman–Crippen MR) is 90.1 cm³/mol. The SMILES string of the molecule is CCCN(CC1CCCCN1)C(C)c1ccc(Br)cc1. The van der Waals surface area contributed by atoms with Gasteiger partial charge in [-0.15, -0.1) is 0 Å². The molecule has 1 aromatic rings. The summed E-state index contributed by atoms with van der Waals surface area (Å²) in [5, 5.41) is 3.67. The minimum atomic E-state index is 0.492. The number of nitrogens with one attached hydrogen (secondary N) is 1. The number of piperidine rings is 1. The molecule has 1 heterocycles. The zero-order chi connectivity index (χ0) is 14.4. The fraction of sp³-hybridized carbons (Fsp3) is 0.647. The van der Waals surface area contributed by atoms with Gasteiger partial charge in [0.1, 0.15) is 0 Å². The van der Waals surface area contributed by atoms with E-state index in [0.29, 0.717) is 12.1 Å². The lowest BCUT2D eigenvalue weighted by Crippen LogP contribution is -2.44. The van der Waals surface area contributed by atoms with Crippen LogP contribution >= 0.6 is 15.9 Å². The lowest BCUT2D eigenvalue weighted by molar-refractivity contribution is 0.176. The molecule has 0 saturated carbocycles. The predicted octanol–water partition coefficient (Wildman–Crippen LogP) is 4.36. The molecule has 1 aromatic carbocycles. The standard InChI is InChI=1S/C17H27BrN2/c1-3-12-20(13-17-6-4-5-11-19-17)14(2)15-7-9-16(18)10-8-15/h7-10,14,17,19H,3-6,11-13H2,1-2H3. The van der Waals surface area contributed by atoms with Crippen LogP contribution in [-0.4, -0.2) is 30.6 Å². The Hall–Kier alpha value is -0.380. The first-order valence-electron chi connectivity index (χ1n) is 7.93. The van der Waals surface area contributed by atoms with E-state index in [2.05, 4.69) is 64.3 Å². The fourth-order valence-electron chi connectivity index (χ4n) is 3.05. The van der Waals surface area contributed by atoms with Crippen LogP contribution in [0.3, 0.4) is 0 Å². The highest BCUT2D eigenvalue weighted by atomic mass is 79.9. The maximum absolute atomic E-state index is 3.67. The van der Waals surface area contributed by atoms with Crippen LogP contribution in [0.5, 0.6) is 0 Å². The number of hydrogen-bond acceptors (Lipinski definition) is 2. The highest BCUT2D eigenvalue weighted by Crippen LogP contribution is 2.23. The first kappa shape index (κ1) is 16.0. The van der Waals surface area contributed by atoms with Gasteiger partial charge in [0.15, 0.2) is 0 Å². The van der Waals surface area contributed by atoms with Crippen molar-refractivity contribution in [3.05, 3.63) is 34.3 Å². The van der Waals surface area contributed by atoms with Crippen molar-refractivity contribution in [2.24, 2.45) is 0 Å². The average Bonchev–Trinajstić information content (AvgIpc) is 2.48. The van der Waals surface area contributed by atoms with Crippen LogP contribution in [0.2, 0.25) is 0 Å². The Bertz CT molecular complexity index is 384. The van der Waals surface area contributed by atoms with Gasteiger partial charge in [0.05, 0.1) is 0 Å². The number of hydrogen-bond donors (Lipinski definition) is 1. The third-order valence-electron chi connectivity index (χ3n) is 4.28. The lowest BCUT2D eigenvalue weighted by atomic mass is 10.0. The zero-order valence-corrected chi connectivity index (χ0v) is 14.3. The summed E-state index contributed by atoms with van der Waals surface area (Å²) >= 11 is 3.52. The van der Waals surface area contributed by atoms with Gasteiger partial charge in [-0.1, -0.05) is 41.4 Å². The van der Waals surface area contributed by atoms with E-state index in [-0.39, 0.29) is 0 Å². The quantitative estimate of drug-likeness (QED) is 0.828. The second kappa shape index (κ2) is 8.16. The van der Waals surface area contributed by atoms with Gasteiger partial charge in [-0.3, -0.25) is 4.90 Å². The van der Waals surface area contributed by atoms with Gasteiger partial charge in [0, 0.05) is 23.1 Å². The summed E-state index contributed by atoms with van der Waals surface area (Å²) in [6.45, 7) is 8.15. The molecular formula is C17H27BrN2. The van der Waals surface area contributed by atoms with E-state index < -0.39 is 0 Å². The molecule has 2 atom stereocenters. The molecule has 0 aromatic heterocycles. The van der Waals surface area contributed by atoms with Crippen molar-refractivity contribution >= 4 is 15.9 Å². The molecule has 0 aliphatic carbocycles.